The molecule has 0 aromatic carbocycles. The first-order valence-corrected chi connectivity index (χ1v) is 13.7. The molecule has 0 aromatic rings. The van der Waals surface area contributed by atoms with Crippen molar-refractivity contribution in [3.8, 4) is 0 Å². The maximum absolute atomic E-state index is 7.08. The molecule has 4 fully saturated rings. The zero-order chi connectivity index (χ0) is 25.0. The maximum atomic E-state index is 7.08. The molecule has 3 aliphatic carbocycles. The van der Waals surface area contributed by atoms with Crippen LogP contribution in [0.25, 0.3) is 0 Å². The normalized spacial score (nSPS) is 37.0. The number of hydrogen-bond acceptors (Lipinski definition) is 2. The minimum Gasteiger partial charge on any atom is -0.402 e. The summed E-state index contributed by atoms with van der Waals surface area (Å²) in [5, 5.41) is 0. The number of rotatable bonds is 8. The van der Waals surface area contributed by atoms with Gasteiger partial charge in [-0.2, -0.15) is 0 Å². The van der Waals surface area contributed by atoms with Crippen LogP contribution < -0.4 is 0 Å². The minimum atomic E-state index is -0.451. The highest BCUT2D eigenvalue weighted by Crippen LogP contribution is 2.63. The summed E-state index contributed by atoms with van der Waals surface area (Å²) < 4.78 is 14.2. The Morgan fingerprint density at radius 1 is 0.818 bits per heavy atom. The fourth-order valence-corrected chi connectivity index (χ4v) is 7.08. The van der Waals surface area contributed by atoms with Crippen LogP contribution in [-0.2, 0) is 9.31 Å². The van der Waals surface area contributed by atoms with Crippen molar-refractivity contribution in [2.24, 2.45) is 45.8 Å². The maximum Gasteiger partial charge on any atom is 0.458 e. The molecule has 3 saturated carbocycles. The lowest BCUT2D eigenvalue weighted by Gasteiger charge is -2.60. The lowest BCUT2D eigenvalue weighted by molar-refractivity contribution is -0.129. The van der Waals surface area contributed by atoms with E-state index in [1.165, 1.54) is 19.3 Å². The molecule has 1 aliphatic heterocycles. The number of allylic oxidation sites excluding steroid dienone is 2. The van der Waals surface area contributed by atoms with E-state index in [1.807, 2.05) is 0 Å². The van der Waals surface area contributed by atoms with E-state index in [-0.39, 0.29) is 17.9 Å². The van der Waals surface area contributed by atoms with Crippen molar-refractivity contribution in [3.05, 3.63) is 24.3 Å². The Bertz CT molecular complexity index is 715. The van der Waals surface area contributed by atoms with Crippen LogP contribution in [0.2, 0.25) is 6.32 Å². The number of hydrogen-bond donors (Lipinski definition) is 0. The highest BCUT2D eigenvalue weighted by molar-refractivity contribution is 6.45. The van der Waals surface area contributed by atoms with Crippen molar-refractivity contribution >= 4 is 7.12 Å². The Morgan fingerprint density at radius 3 is 1.64 bits per heavy atom. The predicted molar refractivity (Wildman–Crippen MR) is 143 cm³/mol. The van der Waals surface area contributed by atoms with Crippen molar-refractivity contribution in [2.45, 2.75) is 120 Å². The molecule has 0 aromatic heterocycles. The van der Waals surface area contributed by atoms with Crippen molar-refractivity contribution in [1.29, 1.82) is 0 Å². The molecule has 188 valence electrons. The van der Waals surface area contributed by atoms with Crippen molar-refractivity contribution in [2.75, 3.05) is 0 Å². The van der Waals surface area contributed by atoms with E-state index in [0.717, 1.165) is 18.2 Å². The van der Waals surface area contributed by atoms with E-state index in [0.29, 0.717) is 23.2 Å². The molecule has 5 atom stereocenters. The van der Waals surface area contributed by atoms with Crippen molar-refractivity contribution < 1.29 is 9.31 Å². The summed E-state index contributed by atoms with van der Waals surface area (Å²) >= 11 is 0. The van der Waals surface area contributed by atoms with Crippen molar-refractivity contribution in [3.63, 3.8) is 0 Å². The lowest BCUT2D eigenvalue weighted by atomic mass is 9.43. The summed E-state index contributed by atoms with van der Waals surface area (Å²) in [6, 6.07) is 0. The molecule has 1 heterocycles. The average molecular weight is 457 g/mol. The van der Waals surface area contributed by atoms with Gasteiger partial charge in [-0.25, -0.2) is 0 Å². The van der Waals surface area contributed by atoms with Gasteiger partial charge in [-0.05, 0) is 68.0 Å². The van der Waals surface area contributed by atoms with Gasteiger partial charge in [-0.3, -0.25) is 0 Å². The fraction of sp³-hybridized carbons (Fsp3) is 0.867. The molecule has 4 aliphatic rings. The quantitative estimate of drug-likeness (QED) is 0.269. The lowest BCUT2D eigenvalue weighted by Crippen LogP contribution is -2.62. The van der Waals surface area contributed by atoms with Crippen LogP contribution >= 0.6 is 0 Å². The molecular formula is C30H53BO2. The summed E-state index contributed by atoms with van der Waals surface area (Å²) in [5.74, 6) is 3.50. The minimum absolute atomic E-state index is 0.142. The van der Waals surface area contributed by atoms with E-state index < -0.39 is 11.2 Å². The molecule has 0 spiro atoms. The molecule has 4 rings (SSSR count). The van der Waals surface area contributed by atoms with Crippen LogP contribution in [0.5, 0.6) is 0 Å². The predicted octanol–water partition coefficient (Wildman–Crippen LogP) is 8.59. The third-order valence-corrected chi connectivity index (χ3v) is 10.4. The molecule has 3 heteroatoms. The summed E-state index contributed by atoms with van der Waals surface area (Å²) in [5.41, 5.74) is -0.749. The molecule has 2 bridgehead atoms. The Morgan fingerprint density at radius 2 is 1.27 bits per heavy atom. The van der Waals surface area contributed by atoms with E-state index in [2.05, 4.69) is 107 Å². The second kappa shape index (κ2) is 8.84. The van der Waals surface area contributed by atoms with Gasteiger partial charge in [0.25, 0.3) is 0 Å². The Kier molecular flexibility index (Phi) is 7.25. The molecule has 5 unspecified atom stereocenters. The third-order valence-electron chi connectivity index (χ3n) is 10.4. The standard InChI is InChI=1S/C30H53BO2/c1-21(2)15-17-26(5,6)29(11)30(12,27(7,8)18-16-22(3)4)33-31(32-29)20-23-13-14-24-19-25(23)28(24,9)10/h15-18,21-25H,13-14,19-20H2,1-12H3/b17-15+,18-16?. The first-order valence-electron chi connectivity index (χ1n) is 13.7. The van der Waals surface area contributed by atoms with E-state index in [4.69, 9.17) is 9.31 Å². The highest BCUT2D eigenvalue weighted by Gasteiger charge is 2.67. The van der Waals surface area contributed by atoms with Crippen LogP contribution in [0.4, 0.5) is 0 Å². The molecule has 0 N–H and O–H groups in total. The van der Waals surface area contributed by atoms with Gasteiger partial charge in [0.05, 0.1) is 11.2 Å². The first-order chi connectivity index (χ1) is 15.0. The van der Waals surface area contributed by atoms with E-state index in [9.17, 15) is 0 Å². The fourth-order valence-electron chi connectivity index (χ4n) is 7.08. The molecule has 0 radical (unpaired) electrons. The van der Waals surface area contributed by atoms with Crippen LogP contribution in [0.15, 0.2) is 24.3 Å². The molecule has 0 amide bonds. The largest absolute Gasteiger partial charge is 0.458 e. The smallest absolute Gasteiger partial charge is 0.402 e. The Labute approximate surface area is 206 Å². The molecule has 2 nitrogen and oxygen atoms in total. The summed E-state index contributed by atoms with van der Waals surface area (Å²) in [6.07, 6.45) is 14.6. The zero-order valence-corrected chi connectivity index (χ0v) is 23.9. The molecular weight excluding hydrogens is 403 g/mol. The van der Waals surface area contributed by atoms with Crippen LogP contribution in [-0.4, -0.2) is 18.3 Å². The van der Waals surface area contributed by atoms with Crippen molar-refractivity contribution in [1.82, 2.24) is 0 Å². The average Bonchev–Trinajstić information content (AvgIpc) is 2.97. The summed E-state index contributed by atoms with van der Waals surface area (Å²) in [6.45, 7) is 27.9. The Hall–Kier alpha value is -0.535. The Balaban J connectivity index is 1.94. The van der Waals surface area contributed by atoms with Crippen LogP contribution in [0.3, 0.4) is 0 Å². The van der Waals surface area contributed by atoms with Gasteiger partial charge in [0.2, 0.25) is 0 Å². The van der Waals surface area contributed by atoms with Gasteiger partial charge in [0.15, 0.2) is 0 Å². The van der Waals surface area contributed by atoms with E-state index in [1.54, 1.807) is 0 Å². The van der Waals surface area contributed by atoms with Gasteiger partial charge in [0, 0.05) is 10.8 Å². The van der Waals surface area contributed by atoms with Crippen LogP contribution in [0, 0.1) is 45.8 Å². The second-order valence-electron chi connectivity index (χ2n) is 14.3. The van der Waals surface area contributed by atoms with E-state index >= 15 is 0 Å². The summed E-state index contributed by atoms with van der Waals surface area (Å²) in [4.78, 5) is 0. The van der Waals surface area contributed by atoms with Gasteiger partial charge in [0.1, 0.15) is 0 Å². The highest BCUT2D eigenvalue weighted by atomic mass is 16.7. The van der Waals surface area contributed by atoms with Gasteiger partial charge in [-0.15, -0.1) is 0 Å². The number of fused-ring (bicyclic) bond motifs is 2. The topological polar surface area (TPSA) is 18.5 Å². The molecule has 33 heavy (non-hydrogen) atoms. The zero-order valence-electron chi connectivity index (χ0n) is 23.9. The van der Waals surface area contributed by atoms with Gasteiger partial charge >= 0.3 is 7.12 Å². The molecule has 1 saturated heterocycles. The van der Waals surface area contributed by atoms with Gasteiger partial charge in [-0.1, -0.05) is 100.0 Å². The third kappa shape index (κ3) is 4.55. The second-order valence-corrected chi connectivity index (χ2v) is 14.3. The monoisotopic (exact) mass is 456 g/mol. The van der Waals surface area contributed by atoms with Gasteiger partial charge < -0.3 is 9.31 Å². The SMILES string of the molecule is CC(C)C=CC(C)(C)C1(C)OB(CC2CCC3CC2C3(C)C)OC1(C)C(C)(C)/C=C/C(C)C. The van der Waals surface area contributed by atoms with Crippen LogP contribution in [0.1, 0.15) is 102 Å². The summed E-state index contributed by atoms with van der Waals surface area (Å²) in [7, 11) is -0.142. The first kappa shape index (κ1) is 27.1.